The zero-order valence-corrected chi connectivity index (χ0v) is 16.6. The highest BCUT2D eigenvalue weighted by atomic mass is 79.9. The number of carbonyl (C=O) groups excluding carboxylic acids is 1. The number of nitrogens with zero attached hydrogens (tertiary/aromatic N) is 2. The number of para-hydroxylation sites is 1. The van der Waals surface area contributed by atoms with Gasteiger partial charge in [-0.2, -0.15) is 0 Å². The molecule has 0 saturated heterocycles. The first-order valence-electron chi connectivity index (χ1n) is 8.64. The van der Waals surface area contributed by atoms with E-state index in [9.17, 15) is 9.59 Å². The Morgan fingerprint density at radius 1 is 1.15 bits per heavy atom. The molecule has 136 valence electrons. The second-order valence-electron chi connectivity index (χ2n) is 6.08. The van der Waals surface area contributed by atoms with Crippen LogP contribution in [0, 0.1) is 6.92 Å². The van der Waals surface area contributed by atoms with E-state index in [2.05, 4.69) is 15.9 Å². The fraction of sp³-hybridized carbons (Fsp3) is 0.300. The Kier molecular flexibility index (Phi) is 5.32. The molecule has 1 atom stereocenters. The van der Waals surface area contributed by atoms with Gasteiger partial charge < -0.3 is 4.74 Å². The average molecular weight is 417 g/mol. The van der Waals surface area contributed by atoms with Gasteiger partial charge in [0.15, 0.2) is 0 Å². The Labute approximate surface area is 160 Å². The molecule has 2 aromatic carbocycles. The molecule has 3 rings (SSSR count). The fourth-order valence-electron chi connectivity index (χ4n) is 3.26. The summed E-state index contributed by atoms with van der Waals surface area (Å²) in [6.07, 6.45) is 0.478. The van der Waals surface area contributed by atoms with E-state index in [1.165, 1.54) is 0 Å². The second kappa shape index (κ2) is 7.50. The molecule has 1 heterocycles. The van der Waals surface area contributed by atoms with Crippen LogP contribution >= 0.6 is 15.9 Å². The summed E-state index contributed by atoms with van der Waals surface area (Å²) >= 11 is 3.42. The normalized spacial score (nSPS) is 12.3. The standard InChI is InChI=1S/C20H21BrN2O3/c1-4-16(19(24)26-5-2)23-17-8-6-7-13(3)18(17)22(20(23)25)15-11-9-14(21)10-12-15/h6-12,16H,4-5H2,1-3H3. The van der Waals surface area contributed by atoms with Crippen molar-refractivity contribution in [3.05, 3.63) is 63.0 Å². The van der Waals surface area contributed by atoms with Gasteiger partial charge in [-0.15, -0.1) is 0 Å². The summed E-state index contributed by atoms with van der Waals surface area (Å²) in [6, 6.07) is 12.6. The van der Waals surface area contributed by atoms with Crippen molar-refractivity contribution in [2.45, 2.75) is 33.2 Å². The second-order valence-corrected chi connectivity index (χ2v) is 7.00. The lowest BCUT2D eigenvalue weighted by atomic mass is 10.1. The molecule has 0 fully saturated rings. The van der Waals surface area contributed by atoms with Crippen LogP contribution in [0.3, 0.4) is 0 Å². The van der Waals surface area contributed by atoms with Gasteiger partial charge in [0, 0.05) is 4.47 Å². The van der Waals surface area contributed by atoms with E-state index >= 15 is 0 Å². The molecule has 0 aliphatic heterocycles. The number of aryl methyl sites for hydroxylation is 1. The minimum absolute atomic E-state index is 0.239. The van der Waals surface area contributed by atoms with E-state index in [0.717, 1.165) is 26.8 Å². The lowest BCUT2D eigenvalue weighted by Crippen LogP contribution is -2.31. The van der Waals surface area contributed by atoms with E-state index < -0.39 is 6.04 Å². The lowest BCUT2D eigenvalue weighted by molar-refractivity contribution is -0.147. The summed E-state index contributed by atoms with van der Waals surface area (Å²) < 4.78 is 9.36. The highest BCUT2D eigenvalue weighted by Gasteiger charge is 2.27. The fourth-order valence-corrected chi connectivity index (χ4v) is 3.52. The number of aromatic nitrogens is 2. The number of imidazole rings is 1. The molecule has 0 spiro atoms. The van der Waals surface area contributed by atoms with Gasteiger partial charge in [0.25, 0.3) is 0 Å². The predicted octanol–water partition coefficient (Wildman–Crippen LogP) is 4.38. The Hall–Kier alpha value is -2.34. The number of esters is 1. The van der Waals surface area contributed by atoms with Crippen molar-refractivity contribution in [1.82, 2.24) is 9.13 Å². The minimum atomic E-state index is -0.650. The van der Waals surface area contributed by atoms with Crippen LogP contribution in [0.25, 0.3) is 16.7 Å². The molecule has 1 aromatic heterocycles. The molecule has 26 heavy (non-hydrogen) atoms. The van der Waals surface area contributed by atoms with Crippen LogP contribution in [0.4, 0.5) is 0 Å². The van der Waals surface area contributed by atoms with E-state index in [4.69, 9.17) is 4.74 Å². The van der Waals surface area contributed by atoms with Gasteiger partial charge in [-0.3, -0.25) is 9.13 Å². The molecule has 5 nitrogen and oxygen atoms in total. The summed E-state index contributed by atoms with van der Waals surface area (Å²) in [7, 11) is 0. The van der Waals surface area contributed by atoms with Gasteiger partial charge in [0.2, 0.25) is 0 Å². The smallest absolute Gasteiger partial charge is 0.334 e. The Morgan fingerprint density at radius 3 is 2.46 bits per heavy atom. The summed E-state index contributed by atoms with van der Waals surface area (Å²) in [5.41, 5.74) is 3.03. The van der Waals surface area contributed by atoms with Crippen molar-refractivity contribution in [3.8, 4) is 5.69 Å². The summed E-state index contributed by atoms with van der Waals surface area (Å²) in [5, 5.41) is 0. The third-order valence-corrected chi connectivity index (χ3v) is 4.97. The zero-order valence-electron chi connectivity index (χ0n) is 15.0. The van der Waals surface area contributed by atoms with E-state index in [1.807, 2.05) is 56.3 Å². The maximum absolute atomic E-state index is 13.3. The van der Waals surface area contributed by atoms with E-state index in [-0.39, 0.29) is 18.3 Å². The van der Waals surface area contributed by atoms with E-state index in [1.54, 1.807) is 16.1 Å². The van der Waals surface area contributed by atoms with E-state index in [0.29, 0.717) is 6.42 Å². The van der Waals surface area contributed by atoms with Crippen LogP contribution in [0.2, 0.25) is 0 Å². The van der Waals surface area contributed by atoms with Crippen LogP contribution in [0.5, 0.6) is 0 Å². The molecule has 3 aromatic rings. The number of carbonyl (C=O) groups is 1. The number of hydrogen-bond donors (Lipinski definition) is 0. The molecule has 1 unspecified atom stereocenters. The molecule has 0 N–H and O–H groups in total. The lowest BCUT2D eigenvalue weighted by Gasteiger charge is -2.15. The molecular formula is C20H21BrN2O3. The first-order chi connectivity index (χ1) is 12.5. The summed E-state index contributed by atoms with van der Waals surface area (Å²) in [4.78, 5) is 25.8. The van der Waals surface area contributed by atoms with Crippen molar-refractivity contribution >= 4 is 32.9 Å². The van der Waals surface area contributed by atoms with Gasteiger partial charge in [-0.25, -0.2) is 9.59 Å². The molecule has 0 aliphatic rings. The molecule has 6 heteroatoms. The van der Waals surface area contributed by atoms with Gasteiger partial charge in [-0.1, -0.05) is 35.0 Å². The van der Waals surface area contributed by atoms with Crippen molar-refractivity contribution in [1.29, 1.82) is 0 Å². The third-order valence-electron chi connectivity index (χ3n) is 4.44. The Bertz CT molecular complexity index is 1000. The van der Waals surface area contributed by atoms with Crippen LogP contribution < -0.4 is 5.69 Å². The van der Waals surface area contributed by atoms with Gasteiger partial charge in [0.1, 0.15) is 6.04 Å². The third kappa shape index (κ3) is 3.09. The largest absolute Gasteiger partial charge is 0.464 e. The predicted molar refractivity (Wildman–Crippen MR) is 106 cm³/mol. The number of benzene rings is 2. The minimum Gasteiger partial charge on any atom is -0.464 e. The molecule has 0 saturated carbocycles. The first kappa shape index (κ1) is 18.5. The first-order valence-corrected chi connectivity index (χ1v) is 9.44. The number of halogens is 1. The summed E-state index contributed by atoms with van der Waals surface area (Å²) in [5.74, 6) is -0.381. The summed E-state index contributed by atoms with van der Waals surface area (Å²) in [6.45, 7) is 5.90. The van der Waals surface area contributed by atoms with Crippen LogP contribution in [-0.4, -0.2) is 21.7 Å². The van der Waals surface area contributed by atoms with Crippen LogP contribution in [0.1, 0.15) is 31.9 Å². The number of fused-ring (bicyclic) bond motifs is 1. The molecular weight excluding hydrogens is 396 g/mol. The van der Waals surface area contributed by atoms with Crippen LogP contribution in [0.15, 0.2) is 51.7 Å². The van der Waals surface area contributed by atoms with Crippen molar-refractivity contribution < 1.29 is 9.53 Å². The number of rotatable bonds is 5. The topological polar surface area (TPSA) is 53.2 Å². The molecule has 0 amide bonds. The Balaban J connectivity index is 2.33. The zero-order chi connectivity index (χ0) is 18.8. The Morgan fingerprint density at radius 2 is 1.85 bits per heavy atom. The van der Waals surface area contributed by atoms with Crippen molar-refractivity contribution in [2.24, 2.45) is 0 Å². The van der Waals surface area contributed by atoms with Gasteiger partial charge >= 0.3 is 11.7 Å². The SMILES string of the molecule is CCOC(=O)C(CC)n1c(=O)n(-c2ccc(Br)cc2)c2c(C)cccc21. The molecule has 0 radical (unpaired) electrons. The molecule has 0 bridgehead atoms. The highest BCUT2D eigenvalue weighted by molar-refractivity contribution is 9.10. The van der Waals surface area contributed by atoms with Gasteiger partial charge in [-0.05, 0) is 56.2 Å². The monoisotopic (exact) mass is 416 g/mol. The van der Waals surface area contributed by atoms with Crippen molar-refractivity contribution in [2.75, 3.05) is 6.61 Å². The quantitative estimate of drug-likeness (QED) is 0.579. The number of ether oxygens (including phenoxy) is 1. The maximum atomic E-state index is 13.3. The highest BCUT2D eigenvalue weighted by Crippen LogP contribution is 2.26. The van der Waals surface area contributed by atoms with Crippen molar-refractivity contribution in [3.63, 3.8) is 0 Å². The van der Waals surface area contributed by atoms with Crippen LogP contribution in [-0.2, 0) is 9.53 Å². The number of hydrogen-bond acceptors (Lipinski definition) is 3. The van der Waals surface area contributed by atoms with Gasteiger partial charge in [0.05, 0.1) is 23.3 Å². The maximum Gasteiger partial charge on any atom is 0.334 e. The molecule has 0 aliphatic carbocycles. The average Bonchev–Trinajstić information content (AvgIpc) is 2.91.